The quantitative estimate of drug-likeness (QED) is 0.364. The van der Waals surface area contributed by atoms with Crippen LogP contribution in [0, 0.1) is 13.8 Å². The lowest BCUT2D eigenvalue weighted by Gasteiger charge is -2.14. The third kappa shape index (κ3) is 3.70. The highest BCUT2D eigenvalue weighted by atomic mass is 32.2. The molecule has 1 aliphatic rings. The maximum Gasteiger partial charge on any atom is 0.265 e. The number of thioether (sulfide) groups is 1. The van der Waals surface area contributed by atoms with Crippen molar-refractivity contribution >= 4 is 45.2 Å². The van der Waals surface area contributed by atoms with Crippen molar-refractivity contribution in [1.29, 1.82) is 0 Å². The fraction of sp³-hybridized carbons (Fsp3) is 0.185. The van der Waals surface area contributed by atoms with Gasteiger partial charge in [-0.1, -0.05) is 54.2 Å². The Balaban J connectivity index is 1.30. The monoisotopic (exact) mass is 481 g/mol. The molecule has 8 heteroatoms. The molecule has 1 aliphatic heterocycles. The molecule has 0 saturated carbocycles. The molecule has 0 fully saturated rings. The van der Waals surface area contributed by atoms with Gasteiger partial charge < -0.3 is 5.32 Å². The number of anilines is 1. The van der Waals surface area contributed by atoms with E-state index in [1.807, 2.05) is 67.6 Å². The van der Waals surface area contributed by atoms with Crippen LogP contribution in [-0.2, 0) is 4.79 Å². The van der Waals surface area contributed by atoms with Crippen LogP contribution in [0.2, 0.25) is 0 Å². The van der Waals surface area contributed by atoms with Crippen LogP contribution in [0.5, 0.6) is 0 Å². The van der Waals surface area contributed by atoms with Crippen LogP contribution in [0.25, 0.3) is 27.5 Å². The number of hydrogen-bond acceptors (Lipinski definition) is 5. The number of hydrogen-bond donors (Lipinski definition) is 1. The Morgan fingerprint density at radius 2 is 1.89 bits per heavy atom. The highest BCUT2D eigenvalue weighted by molar-refractivity contribution is 7.99. The van der Waals surface area contributed by atoms with Crippen LogP contribution >= 0.6 is 11.8 Å². The van der Waals surface area contributed by atoms with E-state index >= 15 is 0 Å². The highest BCUT2D eigenvalue weighted by Crippen LogP contribution is 2.34. The van der Waals surface area contributed by atoms with Gasteiger partial charge in [0.05, 0.1) is 17.9 Å². The van der Waals surface area contributed by atoms with Crippen LogP contribution in [-0.4, -0.2) is 31.0 Å². The molecule has 0 radical (unpaired) electrons. The summed E-state index contributed by atoms with van der Waals surface area (Å²) < 4.78 is 3.37. The molecule has 1 atom stereocenters. The van der Waals surface area contributed by atoms with Gasteiger partial charge in [0, 0.05) is 23.2 Å². The summed E-state index contributed by atoms with van der Waals surface area (Å²) in [5, 5.41) is 10.6. The summed E-state index contributed by atoms with van der Waals surface area (Å²) in [7, 11) is 0. The zero-order valence-electron chi connectivity index (χ0n) is 19.4. The molecular weight excluding hydrogens is 458 g/mol. The fourth-order valence-corrected chi connectivity index (χ4v) is 5.71. The zero-order chi connectivity index (χ0) is 24.1. The lowest BCUT2D eigenvalue weighted by molar-refractivity contribution is -0.116. The van der Waals surface area contributed by atoms with E-state index in [1.54, 1.807) is 15.4 Å². The van der Waals surface area contributed by atoms with Crippen LogP contribution in [0.1, 0.15) is 23.6 Å². The summed E-state index contributed by atoms with van der Waals surface area (Å²) in [5.41, 5.74) is 4.37. The van der Waals surface area contributed by atoms with Crippen molar-refractivity contribution in [2.45, 2.75) is 31.5 Å². The molecule has 0 saturated heterocycles. The number of benzene rings is 3. The number of carbonyl (C=O) groups excluding carboxylic acids is 1. The number of aromatic nitrogens is 4. The molecule has 2 aromatic heterocycles. The van der Waals surface area contributed by atoms with E-state index in [0.717, 1.165) is 27.7 Å². The Morgan fingerprint density at radius 1 is 1.06 bits per heavy atom. The van der Waals surface area contributed by atoms with Crippen molar-refractivity contribution in [3.63, 3.8) is 0 Å². The molecule has 1 amide bonds. The lowest BCUT2D eigenvalue weighted by atomic mass is 10.1. The first-order valence-corrected chi connectivity index (χ1v) is 12.5. The Morgan fingerprint density at radius 3 is 2.74 bits per heavy atom. The molecular formula is C27H23N5O2S. The molecule has 0 bridgehead atoms. The average molecular weight is 482 g/mol. The Bertz CT molecular complexity index is 1680. The zero-order valence-corrected chi connectivity index (χ0v) is 20.2. The first-order valence-electron chi connectivity index (χ1n) is 11.5. The van der Waals surface area contributed by atoms with E-state index in [1.165, 1.54) is 17.3 Å². The largest absolute Gasteiger partial charge is 0.325 e. The van der Waals surface area contributed by atoms with Gasteiger partial charge >= 0.3 is 0 Å². The van der Waals surface area contributed by atoms with Gasteiger partial charge in [0.2, 0.25) is 5.91 Å². The minimum atomic E-state index is -0.264. The maximum absolute atomic E-state index is 13.4. The molecule has 3 aromatic carbocycles. The van der Waals surface area contributed by atoms with Gasteiger partial charge in [0.1, 0.15) is 5.39 Å². The van der Waals surface area contributed by atoms with Crippen molar-refractivity contribution in [2.24, 2.45) is 0 Å². The third-order valence-corrected chi connectivity index (χ3v) is 7.69. The van der Waals surface area contributed by atoms with Gasteiger partial charge in [-0.2, -0.15) is 5.10 Å². The van der Waals surface area contributed by atoms with Gasteiger partial charge in [-0.15, -0.1) is 0 Å². The molecule has 5 aromatic rings. The van der Waals surface area contributed by atoms with Gasteiger partial charge in [0.25, 0.3) is 5.56 Å². The Hall–Kier alpha value is -3.91. The van der Waals surface area contributed by atoms with Crippen LogP contribution < -0.4 is 10.9 Å². The Kier molecular flexibility index (Phi) is 5.18. The van der Waals surface area contributed by atoms with Crippen molar-refractivity contribution in [3.8, 4) is 5.69 Å². The molecule has 1 unspecified atom stereocenters. The maximum atomic E-state index is 13.4. The molecule has 174 valence electrons. The first kappa shape index (κ1) is 21.6. The number of nitrogens with zero attached hydrogens (tertiary/aromatic N) is 4. The summed E-state index contributed by atoms with van der Waals surface area (Å²) in [5.74, 6) is 0.493. The Labute approximate surface area is 205 Å². The predicted molar refractivity (Wildman–Crippen MR) is 140 cm³/mol. The van der Waals surface area contributed by atoms with E-state index in [9.17, 15) is 9.59 Å². The number of fused-ring (bicyclic) bond motifs is 3. The second kappa shape index (κ2) is 8.39. The van der Waals surface area contributed by atoms with Gasteiger partial charge in [0.15, 0.2) is 10.8 Å². The van der Waals surface area contributed by atoms with Gasteiger partial charge in [-0.25, -0.2) is 9.67 Å². The predicted octanol–water partition coefficient (Wildman–Crippen LogP) is 5.03. The molecule has 6 rings (SSSR count). The molecule has 1 N–H and O–H groups in total. The summed E-state index contributed by atoms with van der Waals surface area (Å²) in [6.07, 6.45) is 1.77. The normalized spacial score (nSPS) is 15.0. The van der Waals surface area contributed by atoms with E-state index < -0.39 is 0 Å². The summed E-state index contributed by atoms with van der Waals surface area (Å²) in [6.45, 7) is 4.11. The van der Waals surface area contributed by atoms with Crippen molar-refractivity contribution < 1.29 is 4.79 Å². The first-order chi connectivity index (χ1) is 17.0. The SMILES string of the molecule is Cc1ccc(-n2ncc3c(=O)n4c(nc32)SCC4CC(=O)Nc2cccc3ccccc23)cc1C. The molecule has 3 heterocycles. The number of rotatable bonds is 4. The van der Waals surface area contributed by atoms with Crippen molar-refractivity contribution in [1.82, 2.24) is 19.3 Å². The van der Waals surface area contributed by atoms with Crippen molar-refractivity contribution in [3.05, 3.63) is 88.3 Å². The van der Waals surface area contributed by atoms with Crippen molar-refractivity contribution in [2.75, 3.05) is 11.1 Å². The van der Waals surface area contributed by atoms with Gasteiger partial charge in [-0.3, -0.25) is 14.2 Å². The summed E-state index contributed by atoms with van der Waals surface area (Å²) in [4.78, 5) is 31.2. The molecule has 7 nitrogen and oxygen atoms in total. The van der Waals surface area contributed by atoms with Crippen LogP contribution in [0.4, 0.5) is 5.69 Å². The van der Waals surface area contributed by atoms with Crippen LogP contribution in [0.3, 0.4) is 0 Å². The minimum Gasteiger partial charge on any atom is -0.325 e. The van der Waals surface area contributed by atoms with E-state index in [0.29, 0.717) is 21.9 Å². The minimum absolute atomic E-state index is 0.127. The highest BCUT2D eigenvalue weighted by Gasteiger charge is 2.29. The summed E-state index contributed by atoms with van der Waals surface area (Å²) >= 11 is 1.50. The number of aryl methyl sites for hydroxylation is 2. The molecule has 0 aliphatic carbocycles. The third-order valence-electron chi connectivity index (χ3n) is 6.59. The second-order valence-corrected chi connectivity index (χ2v) is 9.86. The van der Waals surface area contributed by atoms with E-state index in [-0.39, 0.29) is 23.9 Å². The smallest absolute Gasteiger partial charge is 0.265 e. The fourth-order valence-electron chi connectivity index (χ4n) is 4.58. The number of amides is 1. The van der Waals surface area contributed by atoms with Gasteiger partial charge in [-0.05, 0) is 48.6 Å². The average Bonchev–Trinajstić information content (AvgIpc) is 3.46. The molecule has 35 heavy (non-hydrogen) atoms. The lowest BCUT2D eigenvalue weighted by Crippen LogP contribution is -2.27. The van der Waals surface area contributed by atoms with E-state index in [4.69, 9.17) is 4.98 Å². The second-order valence-electron chi connectivity index (χ2n) is 8.88. The van der Waals surface area contributed by atoms with E-state index in [2.05, 4.69) is 17.3 Å². The standard InChI is InChI=1S/C27H23N5O2S/c1-16-10-11-19(12-17(16)2)32-25-22(14-28-32)26(34)31-20(15-35-27(31)30-25)13-24(33)29-23-9-5-7-18-6-3-4-8-21(18)23/h3-12,14,20H,13,15H2,1-2H3,(H,29,33). The topological polar surface area (TPSA) is 81.8 Å². The number of carbonyl (C=O) groups is 1. The number of nitrogens with one attached hydrogen (secondary N) is 1. The van der Waals surface area contributed by atoms with Crippen LogP contribution in [0.15, 0.2) is 76.8 Å². The molecule has 0 spiro atoms. The summed E-state index contributed by atoms with van der Waals surface area (Å²) in [6, 6.07) is 19.6.